The minimum absolute atomic E-state index is 0.0683. The zero-order valence-corrected chi connectivity index (χ0v) is 13.3. The number of nitrogens with zero attached hydrogens (tertiary/aromatic N) is 1. The lowest BCUT2D eigenvalue weighted by molar-refractivity contribution is 0.0697. The fourth-order valence-corrected chi connectivity index (χ4v) is 3.56. The molecule has 0 fully saturated rings. The summed E-state index contributed by atoms with van der Waals surface area (Å²) in [4.78, 5) is 15.1. The van der Waals surface area contributed by atoms with E-state index in [1.54, 1.807) is 42.6 Å². The molecule has 2 N–H and O–H groups in total. The van der Waals surface area contributed by atoms with E-state index in [-0.39, 0.29) is 17.0 Å². The smallest absolute Gasteiger partial charge is 0.335 e. The lowest BCUT2D eigenvalue weighted by atomic mass is 10.1. The number of nitrogens with one attached hydrogen (secondary N) is 1. The second-order valence-electron chi connectivity index (χ2n) is 5.15. The van der Waals surface area contributed by atoms with Crippen molar-refractivity contribution in [3.05, 3.63) is 71.9 Å². The molecule has 122 valence electrons. The summed E-state index contributed by atoms with van der Waals surface area (Å²) >= 11 is 0. The summed E-state index contributed by atoms with van der Waals surface area (Å²) in [6.07, 6.45) is 1.61. The van der Waals surface area contributed by atoms with Gasteiger partial charge in [-0.15, -0.1) is 0 Å². The van der Waals surface area contributed by atoms with Gasteiger partial charge < -0.3 is 5.11 Å². The summed E-state index contributed by atoms with van der Waals surface area (Å²) in [5.41, 5.74) is 1.43. The average molecular weight is 342 g/mol. The molecule has 24 heavy (non-hydrogen) atoms. The molecule has 1 aromatic heterocycles. The van der Waals surface area contributed by atoms with Crippen LogP contribution in [0.25, 0.3) is 10.9 Å². The highest BCUT2D eigenvalue weighted by atomic mass is 32.2. The first-order valence-corrected chi connectivity index (χ1v) is 8.61. The zero-order valence-electron chi connectivity index (χ0n) is 12.5. The van der Waals surface area contributed by atoms with Gasteiger partial charge in [-0.1, -0.05) is 18.2 Å². The molecular weight excluding hydrogens is 328 g/mol. The van der Waals surface area contributed by atoms with Crippen LogP contribution in [-0.4, -0.2) is 24.5 Å². The van der Waals surface area contributed by atoms with Crippen molar-refractivity contribution in [3.8, 4) is 0 Å². The van der Waals surface area contributed by atoms with E-state index in [2.05, 4.69) is 9.71 Å². The third kappa shape index (κ3) is 3.27. The van der Waals surface area contributed by atoms with Crippen LogP contribution < -0.4 is 4.72 Å². The van der Waals surface area contributed by atoms with E-state index in [0.29, 0.717) is 16.5 Å². The van der Waals surface area contributed by atoms with Gasteiger partial charge in [0.1, 0.15) is 0 Å². The number of fused-ring (bicyclic) bond motifs is 1. The Morgan fingerprint density at radius 2 is 1.79 bits per heavy atom. The molecule has 0 amide bonds. The molecule has 6 nitrogen and oxygen atoms in total. The van der Waals surface area contributed by atoms with Gasteiger partial charge in [0, 0.05) is 18.1 Å². The molecule has 0 radical (unpaired) electrons. The minimum Gasteiger partial charge on any atom is -0.478 e. The number of rotatable bonds is 5. The third-order valence-electron chi connectivity index (χ3n) is 3.56. The van der Waals surface area contributed by atoms with Crippen LogP contribution in [0.15, 0.2) is 65.7 Å². The maximum absolute atomic E-state index is 12.6. The number of carboxylic acid groups (broad SMARTS) is 1. The first-order chi connectivity index (χ1) is 11.5. The first kappa shape index (κ1) is 16.1. The van der Waals surface area contributed by atoms with Crippen molar-refractivity contribution in [3.63, 3.8) is 0 Å². The van der Waals surface area contributed by atoms with Gasteiger partial charge in [0.15, 0.2) is 0 Å². The van der Waals surface area contributed by atoms with Crippen LogP contribution in [0.3, 0.4) is 0 Å². The molecule has 0 aliphatic heterocycles. The average Bonchev–Trinajstić information content (AvgIpc) is 2.60. The second-order valence-corrected chi connectivity index (χ2v) is 6.89. The SMILES string of the molecule is O=C(O)c1ccc(CNS(=O)(=O)c2cccc3ncccc23)cc1. The van der Waals surface area contributed by atoms with Crippen LogP contribution in [0.4, 0.5) is 0 Å². The van der Waals surface area contributed by atoms with E-state index in [0.717, 1.165) is 0 Å². The fourth-order valence-electron chi connectivity index (χ4n) is 2.33. The quantitative estimate of drug-likeness (QED) is 0.742. The van der Waals surface area contributed by atoms with Crippen molar-refractivity contribution < 1.29 is 18.3 Å². The number of carbonyl (C=O) groups is 1. The Hall–Kier alpha value is -2.77. The zero-order chi connectivity index (χ0) is 17.2. The number of pyridine rings is 1. The molecule has 0 saturated heterocycles. The van der Waals surface area contributed by atoms with E-state index in [1.165, 1.54) is 18.2 Å². The fraction of sp³-hybridized carbons (Fsp3) is 0.0588. The van der Waals surface area contributed by atoms with Crippen LogP contribution in [0.2, 0.25) is 0 Å². The monoisotopic (exact) mass is 342 g/mol. The van der Waals surface area contributed by atoms with Crippen molar-refractivity contribution in [2.75, 3.05) is 0 Å². The molecule has 3 rings (SSSR count). The highest BCUT2D eigenvalue weighted by Crippen LogP contribution is 2.21. The lowest BCUT2D eigenvalue weighted by Crippen LogP contribution is -2.23. The van der Waals surface area contributed by atoms with Gasteiger partial charge in [0.25, 0.3) is 0 Å². The Morgan fingerprint density at radius 1 is 1.04 bits per heavy atom. The summed E-state index contributed by atoms with van der Waals surface area (Å²) < 4.78 is 27.7. The predicted molar refractivity (Wildman–Crippen MR) is 89.2 cm³/mol. The number of hydrogen-bond donors (Lipinski definition) is 2. The van der Waals surface area contributed by atoms with Crippen molar-refractivity contribution in [2.24, 2.45) is 0 Å². The maximum Gasteiger partial charge on any atom is 0.335 e. The maximum atomic E-state index is 12.6. The Kier molecular flexibility index (Phi) is 4.28. The van der Waals surface area contributed by atoms with Crippen LogP contribution in [0.1, 0.15) is 15.9 Å². The third-order valence-corrected chi connectivity index (χ3v) is 5.02. The van der Waals surface area contributed by atoms with Gasteiger partial charge in [-0.05, 0) is 42.0 Å². The summed E-state index contributed by atoms with van der Waals surface area (Å²) in [5, 5.41) is 9.42. The Bertz CT molecular complexity index is 993. The van der Waals surface area contributed by atoms with Crippen molar-refractivity contribution >= 4 is 26.9 Å². The molecule has 1 heterocycles. The highest BCUT2D eigenvalue weighted by molar-refractivity contribution is 7.89. The topological polar surface area (TPSA) is 96.4 Å². The van der Waals surface area contributed by atoms with Gasteiger partial charge in [-0.25, -0.2) is 17.9 Å². The number of aromatic nitrogens is 1. The van der Waals surface area contributed by atoms with Crippen LogP contribution >= 0.6 is 0 Å². The van der Waals surface area contributed by atoms with Crippen LogP contribution in [-0.2, 0) is 16.6 Å². The molecule has 0 spiro atoms. The standard InChI is InChI=1S/C17H14N2O4S/c20-17(21)13-8-6-12(7-9-13)11-19-24(22,23)16-5-1-4-15-14(16)3-2-10-18-15/h1-10,19H,11H2,(H,20,21). The molecule has 0 saturated carbocycles. The first-order valence-electron chi connectivity index (χ1n) is 7.13. The Balaban J connectivity index is 1.84. The molecule has 2 aromatic carbocycles. The normalized spacial score (nSPS) is 11.5. The number of sulfonamides is 1. The van der Waals surface area contributed by atoms with Crippen molar-refractivity contribution in [1.82, 2.24) is 9.71 Å². The second kappa shape index (κ2) is 6.38. The van der Waals surface area contributed by atoms with Crippen molar-refractivity contribution in [1.29, 1.82) is 0 Å². The van der Waals surface area contributed by atoms with Gasteiger partial charge >= 0.3 is 5.97 Å². The Morgan fingerprint density at radius 3 is 2.50 bits per heavy atom. The highest BCUT2D eigenvalue weighted by Gasteiger charge is 2.17. The van der Waals surface area contributed by atoms with Crippen LogP contribution in [0, 0.1) is 0 Å². The number of hydrogen-bond acceptors (Lipinski definition) is 4. The number of carboxylic acids is 1. The minimum atomic E-state index is -3.72. The molecule has 0 aliphatic carbocycles. The van der Waals surface area contributed by atoms with Gasteiger partial charge in [-0.2, -0.15) is 0 Å². The molecule has 3 aromatic rings. The summed E-state index contributed by atoms with van der Waals surface area (Å²) in [6, 6.07) is 14.4. The van der Waals surface area contributed by atoms with Crippen LogP contribution in [0.5, 0.6) is 0 Å². The van der Waals surface area contributed by atoms with Crippen molar-refractivity contribution in [2.45, 2.75) is 11.4 Å². The molecule has 0 atom stereocenters. The molecular formula is C17H14N2O4S. The van der Waals surface area contributed by atoms with E-state index in [4.69, 9.17) is 5.11 Å². The molecule has 0 bridgehead atoms. The summed E-state index contributed by atoms with van der Waals surface area (Å²) in [7, 11) is -3.72. The number of benzene rings is 2. The van der Waals surface area contributed by atoms with E-state index in [9.17, 15) is 13.2 Å². The number of aromatic carboxylic acids is 1. The predicted octanol–water partition coefficient (Wildman–Crippen LogP) is 2.41. The lowest BCUT2D eigenvalue weighted by Gasteiger charge is -2.09. The summed E-state index contributed by atoms with van der Waals surface area (Å²) in [6.45, 7) is 0.0683. The summed E-state index contributed by atoms with van der Waals surface area (Å²) in [5.74, 6) is -1.02. The van der Waals surface area contributed by atoms with Gasteiger partial charge in [0.2, 0.25) is 10.0 Å². The largest absolute Gasteiger partial charge is 0.478 e. The molecule has 0 unspecified atom stereocenters. The van der Waals surface area contributed by atoms with E-state index < -0.39 is 16.0 Å². The van der Waals surface area contributed by atoms with Gasteiger partial charge in [0.05, 0.1) is 16.0 Å². The van der Waals surface area contributed by atoms with Gasteiger partial charge in [-0.3, -0.25) is 4.98 Å². The molecule has 0 aliphatic rings. The molecule has 7 heteroatoms. The van der Waals surface area contributed by atoms with E-state index >= 15 is 0 Å². The Labute approximate surface area is 138 Å². The van der Waals surface area contributed by atoms with E-state index in [1.807, 2.05) is 0 Å².